The SMILES string of the molecule is COC(=O)Oc1cc(N2C(=O)NC(=C(C)C)C2=O)c(F)cc1Cl. The lowest BCUT2D eigenvalue weighted by Gasteiger charge is -2.15. The molecule has 0 atom stereocenters. The monoisotopic (exact) mass is 342 g/mol. The molecule has 1 aromatic carbocycles. The number of carbonyl (C=O) groups excluding carboxylic acids is 3. The van der Waals surface area contributed by atoms with Crippen molar-refractivity contribution < 1.29 is 28.2 Å². The van der Waals surface area contributed by atoms with Gasteiger partial charge in [-0.25, -0.2) is 18.9 Å². The number of nitrogens with zero attached hydrogens (tertiary/aromatic N) is 1. The van der Waals surface area contributed by atoms with Gasteiger partial charge in [0.2, 0.25) is 0 Å². The molecule has 1 heterocycles. The highest BCUT2D eigenvalue weighted by atomic mass is 35.5. The molecule has 0 saturated carbocycles. The third kappa shape index (κ3) is 3.11. The van der Waals surface area contributed by atoms with Crippen LogP contribution in [0.1, 0.15) is 13.8 Å². The summed E-state index contributed by atoms with van der Waals surface area (Å²) in [5.74, 6) is -1.90. The number of carbonyl (C=O) groups is 3. The minimum Gasteiger partial charge on any atom is -0.437 e. The summed E-state index contributed by atoms with van der Waals surface area (Å²) in [6, 6.07) is 0.979. The van der Waals surface area contributed by atoms with Crippen molar-refractivity contribution in [2.45, 2.75) is 13.8 Å². The van der Waals surface area contributed by atoms with Crippen LogP contribution in [0.4, 0.5) is 19.7 Å². The van der Waals surface area contributed by atoms with Gasteiger partial charge in [0.05, 0.1) is 17.8 Å². The Morgan fingerprint density at radius 2 is 1.96 bits per heavy atom. The van der Waals surface area contributed by atoms with Crippen LogP contribution in [-0.4, -0.2) is 25.2 Å². The molecule has 7 nitrogen and oxygen atoms in total. The van der Waals surface area contributed by atoms with Crippen molar-refractivity contribution in [3.05, 3.63) is 34.2 Å². The summed E-state index contributed by atoms with van der Waals surface area (Å²) in [5.41, 5.74) is 0.220. The molecule has 1 N–H and O–H groups in total. The molecule has 2 rings (SSSR count). The molecule has 1 saturated heterocycles. The molecule has 0 unspecified atom stereocenters. The number of benzene rings is 1. The van der Waals surface area contributed by atoms with Gasteiger partial charge < -0.3 is 14.8 Å². The number of nitrogens with one attached hydrogen (secondary N) is 1. The predicted molar refractivity (Wildman–Crippen MR) is 78.8 cm³/mol. The molecule has 1 aliphatic rings. The fourth-order valence-electron chi connectivity index (χ4n) is 1.88. The van der Waals surface area contributed by atoms with Crippen molar-refractivity contribution >= 4 is 35.4 Å². The minimum absolute atomic E-state index is 0.0554. The summed E-state index contributed by atoms with van der Waals surface area (Å²) >= 11 is 5.78. The Labute approximate surface area is 135 Å². The van der Waals surface area contributed by atoms with Gasteiger partial charge in [0.25, 0.3) is 5.91 Å². The molecule has 9 heteroatoms. The van der Waals surface area contributed by atoms with Gasteiger partial charge in [-0.3, -0.25) is 4.79 Å². The summed E-state index contributed by atoms with van der Waals surface area (Å²) < 4.78 is 23.2. The number of allylic oxidation sites excluding steroid dienone is 1. The van der Waals surface area contributed by atoms with E-state index in [9.17, 15) is 18.8 Å². The Balaban J connectivity index is 2.49. The normalized spacial score (nSPS) is 14.0. The van der Waals surface area contributed by atoms with Crippen molar-refractivity contribution in [3.63, 3.8) is 0 Å². The number of ether oxygens (including phenoxy) is 2. The quantitative estimate of drug-likeness (QED) is 0.386. The van der Waals surface area contributed by atoms with Crippen LogP contribution in [0.15, 0.2) is 23.4 Å². The first-order chi connectivity index (χ1) is 10.8. The molecule has 122 valence electrons. The molecule has 1 aromatic rings. The Hall–Kier alpha value is -2.61. The van der Waals surface area contributed by atoms with E-state index in [2.05, 4.69) is 10.1 Å². The highest BCUT2D eigenvalue weighted by molar-refractivity contribution is 6.32. The van der Waals surface area contributed by atoms with Crippen molar-refractivity contribution in [1.29, 1.82) is 0 Å². The number of methoxy groups -OCH3 is 1. The van der Waals surface area contributed by atoms with Crippen LogP contribution in [0.5, 0.6) is 5.75 Å². The number of rotatable bonds is 2. The van der Waals surface area contributed by atoms with Crippen LogP contribution in [0, 0.1) is 5.82 Å². The van der Waals surface area contributed by atoms with Gasteiger partial charge in [-0.1, -0.05) is 11.6 Å². The second-order valence-corrected chi connectivity index (χ2v) is 5.14. The highest BCUT2D eigenvalue weighted by Crippen LogP contribution is 2.34. The molecular weight excluding hydrogens is 331 g/mol. The molecule has 0 radical (unpaired) electrons. The number of amides is 3. The zero-order valence-electron chi connectivity index (χ0n) is 12.4. The number of hydrogen-bond acceptors (Lipinski definition) is 5. The lowest BCUT2D eigenvalue weighted by Crippen LogP contribution is -2.31. The maximum absolute atomic E-state index is 14.1. The van der Waals surface area contributed by atoms with Crippen molar-refractivity contribution in [3.8, 4) is 5.75 Å². The van der Waals surface area contributed by atoms with E-state index in [4.69, 9.17) is 16.3 Å². The first-order valence-corrected chi connectivity index (χ1v) is 6.71. The highest BCUT2D eigenvalue weighted by Gasteiger charge is 2.37. The Kier molecular flexibility index (Phi) is 4.55. The first-order valence-electron chi connectivity index (χ1n) is 6.34. The lowest BCUT2D eigenvalue weighted by atomic mass is 10.2. The molecular formula is C14H12ClFN2O5. The van der Waals surface area contributed by atoms with E-state index < -0.39 is 29.6 Å². The van der Waals surface area contributed by atoms with Gasteiger partial charge in [-0.05, 0) is 25.5 Å². The lowest BCUT2D eigenvalue weighted by molar-refractivity contribution is -0.114. The van der Waals surface area contributed by atoms with Crippen LogP contribution in [0.2, 0.25) is 5.02 Å². The largest absolute Gasteiger partial charge is 0.513 e. The molecule has 1 fully saturated rings. The van der Waals surface area contributed by atoms with Crippen LogP contribution >= 0.6 is 11.6 Å². The summed E-state index contributed by atoms with van der Waals surface area (Å²) in [5, 5.41) is 2.13. The van der Waals surface area contributed by atoms with Gasteiger partial charge in [0, 0.05) is 6.07 Å². The van der Waals surface area contributed by atoms with Crippen LogP contribution in [-0.2, 0) is 9.53 Å². The molecule has 0 bridgehead atoms. The molecule has 3 amide bonds. The van der Waals surface area contributed by atoms with E-state index in [0.717, 1.165) is 19.2 Å². The molecule has 23 heavy (non-hydrogen) atoms. The van der Waals surface area contributed by atoms with Gasteiger partial charge in [0.1, 0.15) is 11.5 Å². The summed E-state index contributed by atoms with van der Waals surface area (Å²) in [6.45, 7) is 3.25. The summed E-state index contributed by atoms with van der Waals surface area (Å²) in [7, 11) is 1.08. The van der Waals surface area contributed by atoms with E-state index >= 15 is 0 Å². The average Bonchev–Trinajstić information content (AvgIpc) is 2.77. The standard InChI is InChI=1S/C14H12ClFN2O5/c1-6(2)11-12(19)18(13(20)17-11)9-5-10(23-14(21)22-3)7(15)4-8(9)16/h4-5H,1-3H3,(H,17,20). The Morgan fingerprint density at radius 3 is 2.48 bits per heavy atom. The van der Waals surface area contributed by atoms with Gasteiger partial charge in [-0.15, -0.1) is 0 Å². The number of hydrogen-bond donors (Lipinski definition) is 1. The number of urea groups is 1. The zero-order valence-corrected chi connectivity index (χ0v) is 13.2. The second-order valence-electron chi connectivity index (χ2n) is 4.74. The Bertz CT molecular complexity index is 743. The van der Waals surface area contributed by atoms with E-state index in [1.807, 2.05) is 0 Å². The minimum atomic E-state index is -1.08. The summed E-state index contributed by atoms with van der Waals surface area (Å²) in [6.07, 6.45) is -1.08. The number of anilines is 1. The number of imide groups is 1. The summed E-state index contributed by atoms with van der Waals surface area (Å²) in [4.78, 5) is 35.9. The third-order valence-electron chi connectivity index (χ3n) is 2.95. The van der Waals surface area contributed by atoms with Crippen LogP contribution < -0.4 is 15.0 Å². The topological polar surface area (TPSA) is 84.9 Å². The van der Waals surface area contributed by atoms with Crippen LogP contribution in [0.25, 0.3) is 0 Å². The fraction of sp³-hybridized carbons (Fsp3) is 0.214. The first kappa shape index (κ1) is 16.8. The van der Waals surface area contributed by atoms with E-state index in [1.165, 1.54) is 0 Å². The Morgan fingerprint density at radius 1 is 1.30 bits per heavy atom. The maximum atomic E-state index is 14.1. The fourth-order valence-corrected chi connectivity index (χ4v) is 2.07. The number of halogens is 2. The van der Waals surface area contributed by atoms with Crippen molar-refractivity contribution in [2.75, 3.05) is 12.0 Å². The van der Waals surface area contributed by atoms with Gasteiger partial charge in [-0.2, -0.15) is 0 Å². The van der Waals surface area contributed by atoms with Crippen LogP contribution in [0.3, 0.4) is 0 Å². The van der Waals surface area contributed by atoms with E-state index in [1.54, 1.807) is 13.8 Å². The molecule has 0 aromatic heterocycles. The van der Waals surface area contributed by atoms with Crippen molar-refractivity contribution in [2.24, 2.45) is 0 Å². The van der Waals surface area contributed by atoms with Gasteiger partial charge in [0.15, 0.2) is 5.75 Å². The van der Waals surface area contributed by atoms with E-state index in [0.29, 0.717) is 10.5 Å². The molecule has 0 aliphatic carbocycles. The van der Waals surface area contributed by atoms with Gasteiger partial charge >= 0.3 is 12.2 Å². The molecule has 1 aliphatic heterocycles. The van der Waals surface area contributed by atoms with Crippen molar-refractivity contribution in [1.82, 2.24) is 5.32 Å². The second kappa shape index (κ2) is 6.25. The smallest absolute Gasteiger partial charge is 0.437 e. The third-order valence-corrected chi connectivity index (χ3v) is 3.25. The zero-order chi connectivity index (χ0) is 17.3. The predicted octanol–water partition coefficient (Wildman–Crippen LogP) is 2.97. The molecule has 0 spiro atoms. The van der Waals surface area contributed by atoms with E-state index in [-0.39, 0.29) is 16.5 Å². The maximum Gasteiger partial charge on any atom is 0.513 e. The average molecular weight is 343 g/mol.